The summed E-state index contributed by atoms with van der Waals surface area (Å²) in [5, 5.41) is 2.74. The molecule has 276 valence electrons. The van der Waals surface area contributed by atoms with Crippen molar-refractivity contribution in [3.63, 3.8) is 0 Å². The van der Waals surface area contributed by atoms with Crippen molar-refractivity contribution in [3.8, 4) is 33.4 Å². The van der Waals surface area contributed by atoms with Gasteiger partial charge in [-0.3, -0.25) is 0 Å². The molecule has 8 aromatic carbocycles. The van der Waals surface area contributed by atoms with Crippen LogP contribution >= 0.6 is 0 Å². The van der Waals surface area contributed by atoms with E-state index in [-0.39, 0.29) is 22.8 Å². The van der Waals surface area contributed by atoms with Crippen LogP contribution in [0.25, 0.3) is 55.3 Å². The van der Waals surface area contributed by atoms with Crippen LogP contribution in [0.5, 0.6) is 0 Å². The first-order valence-corrected chi connectivity index (χ1v) is 21.2. The molecule has 1 spiro atoms. The van der Waals surface area contributed by atoms with Gasteiger partial charge in [-0.1, -0.05) is 172 Å². The standard InChI is InChI=1S/C58H39N/c1-57(2)47-29-25-35(32-46(47)55-43-19-11-13-34-14-12-20-44(54(34)43)56(55)57)36-26-30-53-45(31-36)42-18-6-10-24-52(42)59(53)37-27-28-41-40-17-5-9-23-50(40)58(51(41)33-37)48-21-7-3-15-38(48)39-16-4-8-22-49(39)58/h3-33,42,52H,1-2H3. The highest BCUT2D eigenvalue weighted by molar-refractivity contribution is 6.22. The molecule has 0 N–H and O–H groups in total. The number of rotatable bonds is 2. The third-order valence-corrected chi connectivity index (χ3v) is 14.9. The van der Waals surface area contributed by atoms with Crippen molar-refractivity contribution in [2.24, 2.45) is 0 Å². The van der Waals surface area contributed by atoms with Crippen LogP contribution in [0.2, 0.25) is 0 Å². The Morgan fingerprint density at radius 2 is 1.07 bits per heavy atom. The molecule has 5 aliphatic carbocycles. The Bertz CT molecular complexity index is 3260. The minimum Gasteiger partial charge on any atom is -0.333 e. The van der Waals surface area contributed by atoms with Crippen LogP contribution in [0.15, 0.2) is 188 Å². The predicted molar refractivity (Wildman–Crippen MR) is 244 cm³/mol. The first-order valence-electron chi connectivity index (χ1n) is 21.2. The molecular formula is C58H39N. The Kier molecular flexibility index (Phi) is 5.95. The molecule has 1 heteroatoms. The number of hydrogen-bond donors (Lipinski definition) is 0. The van der Waals surface area contributed by atoms with Crippen molar-refractivity contribution < 1.29 is 0 Å². The van der Waals surface area contributed by atoms with Crippen molar-refractivity contribution >= 4 is 33.3 Å². The van der Waals surface area contributed by atoms with Gasteiger partial charge in [0.05, 0.1) is 11.5 Å². The Labute approximate surface area is 344 Å². The second-order valence-corrected chi connectivity index (χ2v) is 17.9. The zero-order valence-electron chi connectivity index (χ0n) is 33.0. The van der Waals surface area contributed by atoms with Crippen LogP contribution < -0.4 is 4.90 Å². The number of fused-ring (bicyclic) bond motifs is 17. The highest BCUT2D eigenvalue weighted by atomic mass is 15.2. The average Bonchev–Trinajstić information content (AvgIpc) is 4.04. The van der Waals surface area contributed by atoms with Gasteiger partial charge < -0.3 is 4.90 Å². The normalized spacial score (nSPS) is 19.4. The molecule has 0 bridgehead atoms. The zero-order valence-corrected chi connectivity index (χ0v) is 33.0. The number of hydrogen-bond acceptors (Lipinski definition) is 1. The van der Waals surface area contributed by atoms with Crippen molar-refractivity contribution in [1.82, 2.24) is 0 Å². The minimum atomic E-state index is -0.368. The monoisotopic (exact) mass is 749 g/mol. The van der Waals surface area contributed by atoms with E-state index in [0.717, 1.165) is 0 Å². The summed E-state index contributed by atoms with van der Waals surface area (Å²) in [7, 11) is 0. The van der Waals surface area contributed by atoms with E-state index in [1.54, 1.807) is 0 Å². The summed E-state index contributed by atoms with van der Waals surface area (Å²) in [5.41, 5.74) is 25.4. The molecule has 1 nitrogen and oxygen atoms in total. The Balaban J connectivity index is 0.921. The molecule has 0 saturated heterocycles. The van der Waals surface area contributed by atoms with E-state index in [0.29, 0.717) is 0 Å². The quantitative estimate of drug-likeness (QED) is 0.170. The third-order valence-electron chi connectivity index (χ3n) is 14.9. The third kappa shape index (κ3) is 3.79. The van der Waals surface area contributed by atoms with Gasteiger partial charge in [0.25, 0.3) is 0 Å². The molecule has 0 radical (unpaired) electrons. The fourth-order valence-electron chi connectivity index (χ4n) is 12.6. The zero-order chi connectivity index (χ0) is 38.8. The Hall–Kier alpha value is -6.96. The molecule has 8 aromatic rings. The van der Waals surface area contributed by atoms with Crippen LogP contribution in [0.1, 0.15) is 69.8 Å². The number of anilines is 2. The van der Waals surface area contributed by atoms with Gasteiger partial charge >= 0.3 is 0 Å². The van der Waals surface area contributed by atoms with E-state index in [9.17, 15) is 0 Å². The van der Waals surface area contributed by atoms with E-state index in [4.69, 9.17) is 0 Å². The van der Waals surface area contributed by atoms with Crippen LogP contribution in [0.4, 0.5) is 11.4 Å². The van der Waals surface area contributed by atoms with Gasteiger partial charge in [-0.2, -0.15) is 0 Å². The van der Waals surface area contributed by atoms with Gasteiger partial charge in [0.2, 0.25) is 0 Å². The predicted octanol–water partition coefficient (Wildman–Crippen LogP) is 14.1. The van der Waals surface area contributed by atoms with Crippen molar-refractivity contribution in [2.45, 2.75) is 36.6 Å². The van der Waals surface area contributed by atoms with Gasteiger partial charge in [0.15, 0.2) is 0 Å². The molecule has 14 rings (SSSR count). The molecule has 0 saturated carbocycles. The first kappa shape index (κ1) is 32.0. The highest BCUT2D eigenvalue weighted by Crippen LogP contribution is 2.64. The molecule has 2 atom stereocenters. The number of benzene rings is 8. The Morgan fingerprint density at radius 1 is 0.458 bits per heavy atom. The lowest BCUT2D eigenvalue weighted by Gasteiger charge is -2.33. The summed E-state index contributed by atoms with van der Waals surface area (Å²) in [6, 6.07) is 63.0. The number of nitrogens with zero attached hydrogens (tertiary/aromatic N) is 1. The fraction of sp³-hybridized carbons (Fsp3) is 0.103. The minimum absolute atomic E-state index is 0.0696. The Morgan fingerprint density at radius 3 is 1.80 bits per heavy atom. The molecular weight excluding hydrogens is 711 g/mol. The smallest absolute Gasteiger partial charge is 0.0726 e. The van der Waals surface area contributed by atoms with Gasteiger partial charge in [-0.25, -0.2) is 0 Å². The summed E-state index contributed by atoms with van der Waals surface area (Å²) >= 11 is 0. The topological polar surface area (TPSA) is 3.24 Å². The summed E-state index contributed by atoms with van der Waals surface area (Å²) in [6.45, 7) is 4.82. The lowest BCUT2D eigenvalue weighted by molar-refractivity contribution is 0.705. The highest BCUT2D eigenvalue weighted by Gasteiger charge is 2.52. The lowest BCUT2D eigenvalue weighted by Crippen LogP contribution is -2.29. The molecule has 6 aliphatic rings. The summed E-state index contributed by atoms with van der Waals surface area (Å²) in [4.78, 5) is 2.62. The van der Waals surface area contributed by atoms with Crippen LogP contribution in [0, 0.1) is 0 Å². The average molecular weight is 750 g/mol. The summed E-state index contributed by atoms with van der Waals surface area (Å²) in [5.74, 6) is 0.256. The van der Waals surface area contributed by atoms with Crippen LogP contribution in [-0.4, -0.2) is 6.04 Å². The van der Waals surface area contributed by atoms with E-state index in [2.05, 4.69) is 207 Å². The summed E-state index contributed by atoms with van der Waals surface area (Å²) in [6.07, 6.45) is 9.31. The van der Waals surface area contributed by atoms with E-state index >= 15 is 0 Å². The molecule has 59 heavy (non-hydrogen) atoms. The SMILES string of the molecule is CC1(C)C2=C(c3cc(-c4ccc5c(c4)C4C=CC=CC4N5c4ccc5c(c4)C4(c6ccccc6-c6ccccc64)c4ccccc4-5)ccc31)c1cccc3cccc2c13. The van der Waals surface area contributed by atoms with Gasteiger partial charge in [-0.05, 0) is 136 Å². The molecule has 0 aromatic heterocycles. The first-order chi connectivity index (χ1) is 29.0. The molecule has 0 amide bonds. The number of allylic oxidation sites excluding steroid dienone is 3. The molecule has 2 unspecified atom stereocenters. The summed E-state index contributed by atoms with van der Waals surface area (Å²) < 4.78 is 0. The van der Waals surface area contributed by atoms with E-state index in [1.165, 1.54) is 117 Å². The van der Waals surface area contributed by atoms with E-state index < -0.39 is 0 Å². The largest absolute Gasteiger partial charge is 0.333 e. The molecule has 1 heterocycles. The van der Waals surface area contributed by atoms with Crippen molar-refractivity contribution in [1.29, 1.82) is 0 Å². The lowest BCUT2D eigenvalue weighted by atomic mass is 9.70. The second-order valence-electron chi connectivity index (χ2n) is 17.9. The van der Waals surface area contributed by atoms with E-state index in [1.807, 2.05) is 0 Å². The maximum absolute atomic E-state index is 2.62. The molecule has 0 fully saturated rings. The van der Waals surface area contributed by atoms with Gasteiger partial charge in [0.1, 0.15) is 0 Å². The molecule has 1 aliphatic heterocycles. The fourth-order valence-corrected chi connectivity index (χ4v) is 12.6. The second kappa shape index (κ2) is 10.9. The van der Waals surface area contributed by atoms with Crippen LogP contribution in [0.3, 0.4) is 0 Å². The van der Waals surface area contributed by atoms with Crippen molar-refractivity contribution in [3.05, 3.63) is 238 Å². The van der Waals surface area contributed by atoms with Gasteiger partial charge in [-0.15, -0.1) is 0 Å². The van der Waals surface area contributed by atoms with Gasteiger partial charge in [0, 0.05) is 22.7 Å². The maximum Gasteiger partial charge on any atom is 0.0726 e. The maximum atomic E-state index is 2.62. The van der Waals surface area contributed by atoms with Crippen LogP contribution in [-0.2, 0) is 10.8 Å². The van der Waals surface area contributed by atoms with Crippen molar-refractivity contribution in [2.75, 3.05) is 4.90 Å².